The molecule has 0 bridgehead atoms. The number of imide groups is 1. The minimum atomic E-state index is -4.82. The lowest BCUT2D eigenvalue weighted by atomic mass is 9.91. The number of halogens is 3. The van der Waals surface area contributed by atoms with Crippen LogP contribution in [0.15, 0.2) is 42.7 Å². The van der Waals surface area contributed by atoms with E-state index in [0.717, 1.165) is 41.1 Å². The van der Waals surface area contributed by atoms with Crippen molar-refractivity contribution < 1.29 is 27.5 Å². The Morgan fingerprint density at radius 1 is 1.15 bits per heavy atom. The summed E-state index contributed by atoms with van der Waals surface area (Å²) in [6, 6.07) is 6.14. The predicted molar refractivity (Wildman–Crippen MR) is 116 cm³/mol. The summed E-state index contributed by atoms with van der Waals surface area (Å²) in [7, 11) is 0. The van der Waals surface area contributed by atoms with Crippen molar-refractivity contribution >= 4 is 23.3 Å². The van der Waals surface area contributed by atoms with Gasteiger partial charge in [0.05, 0.1) is 17.6 Å². The highest BCUT2D eigenvalue weighted by molar-refractivity contribution is 6.23. The topological polar surface area (TPSA) is 83.6 Å². The van der Waals surface area contributed by atoms with Gasteiger partial charge in [-0.1, -0.05) is 19.3 Å². The molecule has 2 aromatic rings. The molecule has 2 fully saturated rings. The Bertz CT molecular complexity index is 1020. The van der Waals surface area contributed by atoms with Crippen LogP contribution in [0, 0.1) is 0 Å². The lowest BCUT2D eigenvalue weighted by molar-refractivity contribution is -0.274. The fraction of sp³-hybridized carbons (Fsp3) is 0.435. The van der Waals surface area contributed by atoms with Gasteiger partial charge in [0.1, 0.15) is 11.3 Å². The molecule has 7 nitrogen and oxygen atoms in total. The van der Waals surface area contributed by atoms with Crippen LogP contribution in [0.25, 0.3) is 0 Å². The first-order valence-corrected chi connectivity index (χ1v) is 10.9. The molecule has 33 heavy (non-hydrogen) atoms. The zero-order valence-electron chi connectivity index (χ0n) is 18.1. The Kier molecular flexibility index (Phi) is 6.18. The van der Waals surface area contributed by atoms with E-state index in [1.165, 1.54) is 31.4 Å². The maximum absolute atomic E-state index is 13.3. The third-order valence-electron chi connectivity index (χ3n) is 6.01. The van der Waals surface area contributed by atoms with E-state index in [1.54, 1.807) is 19.3 Å². The second-order valence-corrected chi connectivity index (χ2v) is 8.63. The molecular formula is C23H25F3N4O3. The first-order chi connectivity index (χ1) is 15.6. The number of urea groups is 1. The number of hydrogen-bond acceptors (Lipinski definition) is 5. The molecule has 1 aromatic carbocycles. The number of nitrogens with zero attached hydrogens (tertiary/aromatic N) is 2. The molecule has 1 saturated heterocycles. The lowest BCUT2D eigenvalue weighted by Crippen LogP contribution is -2.46. The second kappa shape index (κ2) is 8.92. The van der Waals surface area contributed by atoms with Gasteiger partial charge in [-0.3, -0.25) is 9.78 Å². The van der Waals surface area contributed by atoms with Crippen molar-refractivity contribution in [2.45, 2.75) is 63.4 Å². The summed E-state index contributed by atoms with van der Waals surface area (Å²) in [5.41, 5.74) is 0.621. The van der Waals surface area contributed by atoms with Crippen LogP contribution in [0.5, 0.6) is 5.75 Å². The normalized spacial score (nSPS) is 21.8. The van der Waals surface area contributed by atoms with Gasteiger partial charge in [0, 0.05) is 18.7 Å². The van der Waals surface area contributed by atoms with Crippen LogP contribution in [-0.2, 0) is 11.2 Å². The van der Waals surface area contributed by atoms with Gasteiger partial charge in [0.15, 0.2) is 0 Å². The van der Waals surface area contributed by atoms with Crippen LogP contribution in [0.1, 0.15) is 44.6 Å². The van der Waals surface area contributed by atoms with Gasteiger partial charge in [-0.15, -0.1) is 13.2 Å². The van der Waals surface area contributed by atoms with Gasteiger partial charge in [-0.05, 0) is 55.7 Å². The molecule has 1 aliphatic heterocycles. The molecule has 1 saturated carbocycles. The van der Waals surface area contributed by atoms with Crippen molar-refractivity contribution in [2.75, 3.05) is 10.2 Å². The van der Waals surface area contributed by atoms with E-state index in [0.29, 0.717) is 6.04 Å². The fourth-order valence-corrected chi connectivity index (χ4v) is 4.39. The molecular weight excluding hydrogens is 437 g/mol. The largest absolute Gasteiger partial charge is 0.573 e. The molecule has 2 aliphatic rings. The van der Waals surface area contributed by atoms with Gasteiger partial charge in [-0.25, -0.2) is 9.69 Å². The van der Waals surface area contributed by atoms with Gasteiger partial charge < -0.3 is 15.4 Å². The molecule has 176 valence electrons. The number of nitrogens with one attached hydrogen (secondary N) is 2. The Labute approximate surface area is 189 Å². The molecule has 0 spiro atoms. The number of carbonyl (C=O) groups is 2. The predicted octanol–water partition coefficient (Wildman–Crippen LogP) is 4.78. The average molecular weight is 462 g/mol. The van der Waals surface area contributed by atoms with E-state index in [2.05, 4.69) is 20.4 Å². The maximum Gasteiger partial charge on any atom is 0.573 e. The maximum atomic E-state index is 13.3. The molecule has 1 unspecified atom stereocenters. The number of pyridine rings is 1. The Balaban J connectivity index is 1.51. The monoisotopic (exact) mass is 462 g/mol. The minimum absolute atomic E-state index is 0.158. The standard InChI is InChI=1S/C23H25F3N4O3/c1-22(13-15-11-12-27-14-19(15)28-16-5-3-2-4-6-16)20(31)30(21(32)29-22)17-7-9-18(10-8-17)33-23(24,25)26/h7-12,14,16,28H,2-6,13H2,1H3,(H,29,32). The molecule has 2 heterocycles. The SMILES string of the molecule is CC1(Cc2ccncc2NC2CCCCC2)NC(=O)N(c2ccc(OC(F)(F)F)cc2)C1=O. The Morgan fingerprint density at radius 2 is 1.85 bits per heavy atom. The summed E-state index contributed by atoms with van der Waals surface area (Å²) in [6.45, 7) is 1.64. The van der Waals surface area contributed by atoms with E-state index >= 15 is 0 Å². The van der Waals surface area contributed by atoms with Gasteiger partial charge >= 0.3 is 12.4 Å². The van der Waals surface area contributed by atoms with Crippen LogP contribution in [-0.4, -0.2) is 34.9 Å². The van der Waals surface area contributed by atoms with E-state index in [-0.39, 0.29) is 12.1 Å². The zero-order valence-corrected chi connectivity index (χ0v) is 18.1. The first kappa shape index (κ1) is 22.9. The average Bonchev–Trinajstić information content (AvgIpc) is 2.98. The van der Waals surface area contributed by atoms with E-state index in [4.69, 9.17) is 0 Å². The number of alkyl halides is 3. The van der Waals surface area contributed by atoms with Crippen LogP contribution >= 0.6 is 0 Å². The van der Waals surface area contributed by atoms with Crippen molar-refractivity contribution in [2.24, 2.45) is 0 Å². The van der Waals surface area contributed by atoms with Crippen molar-refractivity contribution in [1.82, 2.24) is 10.3 Å². The van der Waals surface area contributed by atoms with Gasteiger partial charge in [0.25, 0.3) is 5.91 Å². The zero-order chi connectivity index (χ0) is 23.6. The molecule has 2 N–H and O–H groups in total. The van der Waals surface area contributed by atoms with E-state index in [1.807, 2.05) is 6.07 Å². The number of hydrogen-bond donors (Lipinski definition) is 2. The van der Waals surface area contributed by atoms with Crippen LogP contribution < -0.4 is 20.3 Å². The molecule has 3 amide bonds. The Morgan fingerprint density at radius 3 is 2.52 bits per heavy atom. The number of benzene rings is 1. The second-order valence-electron chi connectivity index (χ2n) is 8.63. The smallest absolute Gasteiger partial charge is 0.406 e. The lowest BCUT2D eigenvalue weighted by Gasteiger charge is -2.27. The van der Waals surface area contributed by atoms with Crippen LogP contribution in [0.2, 0.25) is 0 Å². The van der Waals surface area contributed by atoms with Gasteiger partial charge in [0.2, 0.25) is 0 Å². The molecule has 10 heteroatoms. The summed E-state index contributed by atoms with van der Waals surface area (Å²) >= 11 is 0. The summed E-state index contributed by atoms with van der Waals surface area (Å²) in [6.07, 6.45) is 4.50. The highest BCUT2D eigenvalue weighted by Gasteiger charge is 2.48. The third-order valence-corrected chi connectivity index (χ3v) is 6.01. The summed E-state index contributed by atoms with van der Waals surface area (Å²) in [4.78, 5) is 31.1. The van der Waals surface area contributed by atoms with Crippen molar-refractivity contribution in [3.05, 3.63) is 48.3 Å². The highest BCUT2D eigenvalue weighted by Crippen LogP contribution is 2.32. The molecule has 1 aliphatic carbocycles. The molecule has 1 atom stereocenters. The summed E-state index contributed by atoms with van der Waals surface area (Å²) < 4.78 is 41.0. The number of ether oxygens (including phenoxy) is 1. The number of anilines is 2. The van der Waals surface area contributed by atoms with Crippen molar-refractivity contribution in [1.29, 1.82) is 0 Å². The fourth-order valence-electron chi connectivity index (χ4n) is 4.39. The molecule has 4 rings (SSSR count). The first-order valence-electron chi connectivity index (χ1n) is 10.9. The minimum Gasteiger partial charge on any atom is -0.406 e. The number of carbonyl (C=O) groups excluding carboxylic acids is 2. The third kappa shape index (κ3) is 5.20. The quantitative estimate of drug-likeness (QED) is 0.604. The van der Waals surface area contributed by atoms with Crippen LogP contribution in [0.4, 0.5) is 29.3 Å². The van der Waals surface area contributed by atoms with E-state index < -0.39 is 29.6 Å². The van der Waals surface area contributed by atoms with Crippen molar-refractivity contribution in [3.63, 3.8) is 0 Å². The summed E-state index contributed by atoms with van der Waals surface area (Å²) in [5.74, 6) is -0.923. The van der Waals surface area contributed by atoms with Gasteiger partial charge in [-0.2, -0.15) is 0 Å². The summed E-state index contributed by atoms with van der Waals surface area (Å²) in [5, 5.41) is 6.27. The molecule has 0 radical (unpaired) electrons. The van der Waals surface area contributed by atoms with Crippen molar-refractivity contribution in [3.8, 4) is 5.75 Å². The Hall–Kier alpha value is -3.30. The number of amides is 3. The number of aromatic nitrogens is 1. The van der Waals surface area contributed by atoms with Crippen LogP contribution in [0.3, 0.4) is 0 Å². The van der Waals surface area contributed by atoms with E-state index in [9.17, 15) is 22.8 Å². The molecule has 1 aromatic heterocycles. The highest BCUT2D eigenvalue weighted by atomic mass is 19.4. The number of rotatable bonds is 6.